The molecule has 0 aliphatic heterocycles. The van der Waals surface area contributed by atoms with Gasteiger partial charge in [0.05, 0.1) is 13.1 Å². The summed E-state index contributed by atoms with van der Waals surface area (Å²) in [6, 6.07) is 2.78. The van der Waals surface area contributed by atoms with Gasteiger partial charge in [-0.1, -0.05) is 0 Å². The van der Waals surface area contributed by atoms with Gasteiger partial charge in [0, 0.05) is 12.6 Å². The van der Waals surface area contributed by atoms with Crippen LogP contribution in [-0.2, 0) is 13.1 Å². The van der Waals surface area contributed by atoms with E-state index in [2.05, 4.69) is 37.1 Å². The topological polar surface area (TPSA) is 28.4 Å². The van der Waals surface area contributed by atoms with Crippen LogP contribution in [0, 0.1) is 12.8 Å². The molecule has 3 nitrogen and oxygen atoms in total. The Morgan fingerprint density at radius 2 is 2.17 bits per heavy atom. The first-order chi connectivity index (χ1) is 8.60. The molecule has 0 spiro atoms. The molecule has 1 heterocycles. The lowest BCUT2D eigenvalue weighted by atomic mass is 10.2. The number of hydrogen-bond acceptors (Lipinski definition) is 3. The minimum absolute atomic E-state index is 0.587. The van der Waals surface area contributed by atoms with E-state index < -0.39 is 0 Å². The Hall–Kier alpha value is -0.800. The summed E-state index contributed by atoms with van der Waals surface area (Å²) < 4.78 is 5.93. The summed E-state index contributed by atoms with van der Waals surface area (Å²) >= 11 is 0. The van der Waals surface area contributed by atoms with E-state index in [9.17, 15) is 0 Å². The third kappa shape index (κ3) is 3.59. The lowest BCUT2D eigenvalue weighted by Crippen LogP contribution is -2.32. The zero-order valence-electron chi connectivity index (χ0n) is 12.1. The van der Waals surface area contributed by atoms with Gasteiger partial charge in [-0.25, -0.2) is 0 Å². The molecule has 18 heavy (non-hydrogen) atoms. The Bertz CT molecular complexity index is 380. The summed E-state index contributed by atoms with van der Waals surface area (Å²) in [6.45, 7) is 9.65. The van der Waals surface area contributed by atoms with Crippen molar-refractivity contribution in [2.75, 3.05) is 13.6 Å². The highest BCUT2D eigenvalue weighted by Crippen LogP contribution is 2.31. The molecular formula is C15H26N2O. The Morgan fingerprint density at radius 3 is 2.72 bits per heavy atom. The molecule has 1 saturated carbocycles. The molecule has 0 aromatic carbocycles. The van der Waals surface area contributed by atoms with Crippen LogP contribution in [0.4, 0.5) is 0 Å². The van der Waals surface area contributed by atoms with Crippen molar-refractivity contribution in [3.8, 4) is 0 Å². The average molecular weight is 250 g/mol. The first-order valence-electron chi connectivity index (χ1n) is 7.07. The van der Waals surface area contributed by atoms with E-state index in [1.807, 2.05) is 7.05 Å². The smallest absolute Gasteiger partial charge is 0.120 e. The monoisotopic (exact) mass is 250 g/mol. The van der Waals surface area contributed by atoms with Crippen LogP contribution in [0.2, 0.25) is 0 Å². The van der Waals surface area contributed by atoms with Gasteiger partial charge in [0.2, 0.25) is 0 Å². The molecule has 1 aliphatic carbocycles. The van der Waals surface area contributed by atoms with Crippen LogP contribution in [-0.4, -0.2) is 24.5 Å². The van der Waals surface area contributed by atoms with Crippen molar-refractivity contribution >= 4 is 0 Å². The molecule has 1 aliphatic rings. The van der Waals surface area contributed by atoms with Crippen LogP contribution in [0.5, 0.6) is 0 Å². The van der Waals surface area contributed by atoms with E-state index in [4.69, 9.17) is 4.42 Å². The number of furan rings is 1. The third-order valence-electron chi connectivity index (χ3n) is 3.69. The van der Waals surface area contributed by atoms with E-state index >= 15 is 0 Å². The van der Waals surface area contributed by atoms with E-state index in [0.29, 0.717) is 6.04 Å². The van der Waals surface area contributed by atoms with Crippen LogP contribution in [0.1, 0.15) is 43.8 Å². The number of rotatable bonds is 7. The standard InChI is InChI=1S/C15H26N2O/c1-11(2)17(9-13-5-6-13)10-14-7-12(3)15(18-14)8-16-4/h7,11,13,16H,5-6,8-10H2,1-4H3. The number of nitrogens with one attached hydrogen (secondary N) is 1. The minimum Gasteiger partial charge on any atom is -0.463 e. The fraction of sp³-hybridized carbons (Fsp3) is 0.733. The molecule has 0 unspecified atom stereocenters. The highest BCUT2D eigenvalue weighted by Gasteiger charge is 2.26. The SMILES string of the molecule is CNCc1oc(CN(CC2CC2)C(C)C)cc1C. The second kappa shape index (κ2) is 5.89. The van der Waals surface area contributed by atoms with Gasteiger partial charge in [0.1, 0.15) is 11.5 Å². The van der Waals surface area contributed by atoms with E-state index in [-0.39, 0.29) is 0 Å². The molecule has 1 fully saturated rings. The number of hydrogen-bond donors (Lipinski definition) is 1. The first-order valence-corrected chi connectivity index (χ1v) is 7.07. The highest BCUT2D eigenvalue weighted by molar-refractivity contribution is 5.20. The van der Waals surface area contributed by atoms with Gasteiger partial charge in [-0.2, -0.15) is 0 Å². The number of aryl methyl sites for hydroxylation is 1. The van der Waals surface area contributed by atoms with Gasteiger partial charge in [-0.05, 0) is 58.2 Å². The van der Waals surface area contributed by atoms with Crippen molar-refractivity contribution in [2.24, 2.45) is 5.92 Å². The second-order valence-corrected chi connectivity index (χ2v) is 5.82. The molecule has 102 valence electrons. The fourth-order valence-corrected chi connectivity index (χ4v) is 2.29. The molecule has 0 atom stereocenters. The summed E-state index contributed by atoms with van der Waals surface area (Å²) in [5, 5.41) is 3.15. The van der Waals surface area contributed by atoms with Gasteiger partial charge in [0.15, 0.2) is 0 Å². The zero-order valence-corrected chi connectivity index (χ0v) is 12.1. The zero-order chi connectivity index (χ0) is 13.1. The van der Waals surface area contributed by atoms with Crippen molar-refractivity contribution in [2.45, 2.75) is 52.7 Å². The van der Waals surface area contributed by atoms with Crippen LogP contribution >= 0.6 is 0 Å². The quantitative estimate of drug-likeness (QED) is 0.806. The molecule has 2 rings (SSSR count). The lowest BCUT2D eigenvalue weighted by molar-refractivity contribution is 0.187. The van der Waals surface area contributed by atoms with E-state index in [1.165, 1.54) is 24.9 Å². The molecule has 0 amide bonds. The van der Waals surface area contributed by atoms with Crippen LogP contribution in [0.25, 0.3) is 0 Å². The van der Waals surface area contributed by atoms with Gasteiger partial charge in [-0.3, -0.25) is 4.90 Å². The normalized spacial score (nSPS) is 15.9. The summed E-state index contributed by atoms with van der Waals surface area (Å²) in [6.07, 6.45) is 2.82. The largest absolute Gasteiger partial charge is 0.463 e. The van der Waals surface area contributed by atoms with Crippen LogP contribution in [0.3, 0.4) is 0 Å². The van der Waals surface area contributed by atoms with E-state index in [1.54, 1.807) is 0 Å². The predicted octanol–water partition coefficient (Wildman–Crippen LogP) is 2.93. The van der Waals surface area contributed by atoms with Gasteiger partial charge in [-0.15, -0.1) is 0 Å². The summed E-state index contributed by atoms with van der Waals surface area (Å²) in [7, 11) is 1.95. The van der Waals surface area contributed by atoms with Gasteiger partial charge < -0.3 is 9.73 Å². The summed E-state index contributed by atoms with van der Waals surface area (Å²) in [4.78, 5) is 2.53. The van der Waals surface area contributed by atoms with Crippen molar-refractivity contribution in [3.05, 3.63) is 23.2 Å². The van der Waals surface area contributed by atoms with Crippen LogP contribution in [0.15, 0.2) is 10.5 Å². The number of nitrogens with zero attached hydrogens (tertiary/aromatic N) is 1. The van der Waals surface area contributed by atoms with Gasteiger partial charge in [0.25, 0.3) is 0 Å². The Labute approximate surface area is 111 Å². The van der Waals surface area contributed by atoms with Crippen molar-refractivity contribution in [1.29, 1.82) is 0 Å². The maximum absolute atomic E-state index is 5.93. The molecule has 1 N–H and O–H groups in total. The average Bonchev–Trinajstić information content (AvgIpc) is 3.05. The van der Waals surface area contributed by atoms with E-state index in [0.717, 1.165) is 30.5 Å². The van der Waals surface area contributed by atoms with Crippen LogP contribution < -0.4 is 5.32 Å². The second-order valence-electron chi connectivity index (χ2n) is 5.82. The van der Waals surface area contributed by atoms with Crippen molar-refractivity contribution in [1.82, 2.24) is 10.2 Å². The minimum atomic E-state index is 0.587. The molecule has 0 radical (unpaired) electrons. The molecule has 0 saturated heterocycles. The maximum atomic E-state index is 5.93. The maximum Gasteiger partial charge on any atom is 0.120 e. The molecule has 0 bridgehead atoms. The Kier molecular flexibility index (Phi) is 4.46. The summed E-state index contributed by atoms with van der Waals surface area (Å²) in [5.74, 6) is 3.11. The van der Waals surface area contributed by atoms with Crippen molar-refractivity contribution in [3.63, 3.8) is 0 Å². The molecule has 1 aromatic heterocycles. The Morgan fingerprint density at radius 1 is 1.44 bits per heavy atom. The van der Waals surface area contributed by atoms with Gasteiger partial charge >= 0.3 is 0 Å². The Balaban J connectivity index is 1.98. The predicted molar refractivity (Wildman–Crippen MR) is 74.5 cm³/mol. The fourth-order valence-electron chi connectivity index (χ4n) is 2.29. The highest BCUT2D eigenvalue weighted by atomic mass is 16.3. The first kappa shape index (κ1) is 13.6. The molecule has 3 heteroatoms. The molecule has 1 aromatic rings. The van der Waals surface area contributed by atoms with Crippen molar-refractivity contribution < 1.29 is 4.42 Å². The lowest BCUT2D eigenvalue weighted by Gasteiger charge is -2.25. The summed E-state index contributed by atoms with van der Waals surface area (Å²) in [5.41, 5.74) is 1.26. The molecular weight excluding hydrogens is 224 g/mol. The third-order valence-corrected chi connectivity index (χ3v) is 3.69.